The molecule has 1 amide bonds. The molecule has 2 aromatic rings. The van der Waals surface area contributed by atoms with E-state index in [1.807, 2.05) is 24.4 Å². The molecule has 6 nitrogen and oxygen atoms in total. The Balaban J connectivity index is 1.88. The Hall–Kier alpha value is -1.76. The Kier molecular flexibility index (Phi) is 3.25. The minimum atomic E-state index is -0.104. The maximum atomic E-state index is 11.6. The van der Waals surface area contributed by atoms with Crippen LogP contribution in [-0.2, 0) is 11.3 Å². The number of thiophene rings is 1. The summed E-state index contributed by atoms with van der Waals surface area (Å²) in [7, 11) is 0. The van der Waals surface area contributed by atoms with Gasteiger partial charge in [0.05, 0.1) is 6.04 Å². The summed E-state index contributed by atoms with van der Waals surface area (Å²) >= 11 is 1.62. The lowest BCUT2D eigenvalue weighted by atomic mass is 10.3. The van der Waals surface area contributed by atoms with Gasteiger partial charge in [-0.25, -0.2) is 4.68 Å². The SMILES string of the molecule is CC(NC(=O)Cn1cnnn1)c1cccs1. The maximum Gasteiger partial charge on any atom is 0.242 e. The molecular weight excluding hydrogens is 226 g/mol. The lowest BCUT2D eigenvalue weighted by molar-refractivity contribution is -0.122. The van der Waals surface area contributed by atoms with Gasteiger partial charge in [-0.1, -0.05) is 6.07 Å². The molecule has 1 N–H and O–H groups in total. The summed E-state index contributed by atoms with van der Waals surface area (Å²) in [6.45, 7) is 2.09. The fraction of sp³-hybridized carbons (Fsp3) is 0.333. The van der Waals surface area contributed by atoms with Crippen molar-refractivity contribution in [1.82, 2.24) is 25.5 Å². The van der Waals surface area contributed by atoms with Crippen LogP contribution in [0.4, 0.5) is 0 Å². The molecule has 0 aromatic carbocycles. The Morgan fingerprint density at radius 3 is 3.19 bits per heavy atom. The smallest absolute Gasteiger partial charge is 0.242 e. The fourth-order valence-electron chi connectivity index (χ4n) is 1.30. The molecule has 84 valence electrons. The van der Waals surface area contributed by atoms with Gasteiger partial charge in [-0.3, -0.25) is 4.79 Å². The number of amides is 1. The average Bonchev–Trinajstić information content (AvgIpc) is 2.88. The van der Waals surface area contributed by atoms with E-state index >= 15 is 0 Å². The number of rotatable bonds is 4. The molecule has 2 heterocycles. The van der Waals surface area contributed by atoms with Crippen molar-refractivity contribution in [2.24, 2.45) is 0 Å². The molecule has 0 saturated carbocycles. The van der Waals surface area contributed by atoms with Crippen molar-refractivity contribution in [3.63, 3.8) is 0 Å². The summed E-state index contributed by atoms with van der Waals surface area (Å²) in [5.74, 6) is -0.104. The predicted molar refractivity (Wildman–Crippen MR) is 58.7 cm³/mol. The molecule has 0 radical (unpaired) electrons. The van der Waals surface area contributed by atoms with Crippen LogP contribution in [0.2, 0.25) is 0 Å². The Morgan fingerprint density at radius 2 is 2.56 bits per heavy atom. The normalized spacial score (nSPS) is 12.3. The van der Waals surface area contributed by atoms with E-state index in [0.717, 1.165) is 4.88 Å². The second-order valence-electron chi connectivity index (χ2n) is 3.31. The van der Waals surface area contributed by atoms with Crippen molar-refractivity contribution in [2.75, 3.05) is 0 Å². The maximum absolute atomic E-state index is 11.6. The lowest BCUT2D eigenvalue weighted by Gasteiger charge is -2.11. The van der Waals surface area contributed by atoms with Crippen LogP contribution in [0, 0.1) is 0 Å². The highest BCUT2D eigenvalue weighted by Crippen LogP contribution is 2.17. The largest absolute Gasteiger partial charge is 0.347 e. The zero-order chi connectivity index (χ0) is 11.4. The monoisotopic (exact) mass is 237 g/mol. The fourth-order valence-corrected chi connectivity index (χ4v) is 2.03. The van der Waals surface area contributed by atoms with Gasteiger partial charge in [0.1, 0.15) is 12.9 Å². The van der Waals surface area contributed by atoms with Gasteiger partial charge < -0.3 is 5.32 Å². The van der Waals surface area contributed by atoms with E-state index in [1.165, 1.54) is 11.0 Å². The Morgan fingerprint density at radius 1 is 1.69 bits per heavy atom. The van der Waals surface area contributed by atoms with Gasteiger partial charge in [0, 0.05) is 4.88 Å². The van der Waals surface area contributed by atoms with Crippen LogP contribution in [0.15, 0.2) is 23.8 Å². The topological polar surface area (TPSA) is 72.7 Å². The molecule has 0 aliphatic heterocycles. The molecule has 1 atom stereocenters. The van der Waals surface area contributed by atoms with Crippen molar-refractivity contribution in [2.45, 2.75) is 19.5 Å². The first-order valence-corrected chi connectivity index (χ1v) is 5.67. The van der Waals surface area contributed by atoms with Crippen LogP contribution < -0.4 is 5.32 Å². The number of nitrogens with zero attached hydrogens (tertiary/aromatic N) is 4. The third kappa shape index (κ3) is 2.63. The number of hydrogen-bond donors (Lipinski definition) is 1. The Labute approximate surface area is 96.3 Å². The first-order chi connectivity index (χ1) is 7.75. The highest BCUT2D eigenvalue weighted by molar-refractivity contribution is 7.10. The van der Waals surface area contributed by atoms with Crippen LogP contribution in [0.1, 0.15) is 17.8 Å². The summed E-state index contributed by atoms with van der Waals surface area (Å²) < 4.78 is 1.39. The molecule has 16 heavy (non-hydrogen) atoms. The molecule has 0 saturated heterocycles. The highest BCUT2D eigenvalue weighted by Gasteiger charge is 2.10. The molecule has 7 heteroatoms. The van der Waals surface area contributed by atoms with Crippen LogP contribution in [0.5, 0.6) is 0 Å². The van der Waals surface area contributed by atoms with E-state index in [1.54, 1.807) is 11.3 Å². The number of nitrogens with one attached hydrogen (secondary N) is 1. The van der Waals surface area contributed by atoms with Gasteiger partial charge in [-0.15, -0.1) is 16.4 Å². The number of carbonyl (C=O) groups is 1. The van der Waals surface area contributed by atoms with Crippen molar-refractivity contribution in [1.29, 1.82) is 0 Å². The summed E-state index contributed by atoms with van der Waals surface area (Å²) in [5.41, 5.74) is 0. The zero-order valence-electron chi connectivity index (χ0n) is 8.70. The molecule has 2 aromatic heterocycles. The standard InChI is InChI=1S/C9H11N5OS/c1-7(8-3-2-4-16-8)11-9(15)5-14-6-10-12-13-14/h2-4,6-7H,5H2,1H3,(H,11,15). The summed E-state index contributed by atoms with van der Waals surface area (Å²) in [6.07, 6.45) is 1.41. The van der Waals surface area contributed by atoms with E-state index < -0.39 is 0 Å². The molecule has 0 aliphatic carbocycles. The van der Waals surface area contributed by atoms with Crippen molar-refractivity contribution in [3.05, 3.63) is 28.7 Å². The van der Waals surface area contributed by atoms with E-state index in [4.69, 9.17) is 0 Å². The van der Waals surface area contributed by atoms with Gasteiger partial charge in [-0.05, 0) is 28.8 Å². The van der Waals surface area contributed by atoms with Crippen LogP contribution in [0.3, 0.4) is 0 Å². The highest BCUT2D eigenvalue weighted by atomic mass is 32.1. The zero-order valence-corrected chi connectivity index (χ0v) is 9.52. The van der Waals surface area contributed by atoms with Crippen molar-refractivity contribution >= 4 is 17.2 Å². The van der Waals surface area contributed by atoms with Crippen LogP contribution in [0.25, 0.3) is 0 Å². The minimum absolute atomic E-state index is 0.0176. The molecular formula is C9H11N5OS. The average molecular weight is 237 g/mol. The molecule has 0 aliphatic rings. The van der Waals surface area contributed by atoms with Crippen LogP contribution in [-0.4, -0.2) is 26.1 Å². The van der Waals surface area contributed by atoms with E-state index in [2.05, 4.69) is 20.8 Å². The molecule has 2 rings (SSSR count). The molecule has 0 spiro atoms. The third-order valence-electron chi connectivity index (χ3n) is 2.04. The van der Waals surface area contributed by atoms with E-state index in [9.17, 15) is 4.79 Å². The van der Waals surface area contributed by atoms with Gasteiger partial charge in [0.15, 0.2) is 0 Å². The molecule has 0 bridgehead atoms. The first kappa shape index (κ1) is 10.7. The number of hydrogen-bond acceptors (Lipinski definition) is 5. The summed E-state index contributed by atoms with van der Waals surface area (Å²) in [5, 5.41) is 15.4. The molecule has 0 fully saturated rings. The molecule has 1 unspecified atom stereocenters. The minimum Gasteiger partial charge on any atom is -0.347 e. The van der Waals surface area contributed by atoms with Crippen LogP contribution >= 0.6 is 11.3 Å². The van der Waals surface area contributed by atoms with E-state index in [-0.39, 0.29) is 18.5 Å². The summed E-state index contributed by atoms with van der Waals surface area (Å²) in [4.78, 5) is 12.7. The predicted octanol–water partition coefficient (Wildman–Crippen LogP) is 0.612. The summed E-state index contributed by atoms with van der Waals surface area (Å²) in [6, 6.07) is 3.97. The second kappa shape index (κ2) is 4.84. The van der Waals surface area contributed by atoms with Gasteiger partial charge >= 0.3 is 0 Å². The second-order valence-corrected chi connectivity index (χ2v) is 4.29. The van der Waals surface area contributed by atoms with E-state index in [0.29, 0.717) is 0 Å². The van der Waals surface area contributed by atoms with Gasteiger partial charge in [0.2, 0.25) is 5.91 Å². The number of carbonyl (C=O) groups excluding carboxylic acids is 1. The quantitative estimate of drug-likeness (QED) is 0.845. The first-order valence-electron chi connectivity index (χ1n) is 4.79. The van der Waals surface area contributed by atoms with Gasteiger partial charge in [-0.2, -0.15) is 0 Å². The lowest BCUT2D eigenvalue weighted by Crippen LogP contribution is -2.29. The van der Waals surface area contributed by atoms with Gasteiger partial charge in [0.25, 0.3) is 0 Å². The van der Waals surface area contributed by atoms with Crippen molar-refractivity contribution in [3.8, 4) is 0 Å². The third-order valence-corrected chi connectivity index (χ3v) is 3.10. The Bertz CT molecular complexity index is 438. The number of tetrazole rings is 1. The number of aromatic nitrogens is 4. The van der Waals surface area contributed by atoms with Crippen molar-refractivity contribution < 1.29 is 4.79 Å².